The second-order valence-corrected chi connectivity index (χ2v) is 6.51. The Bertz CT molecular complexity index is 1110. The number of fused-ring (bicyclic) bond motifs is 2. The summed E-state index contributed by atoms with van der Waals surface area (Å²) in [5, 5.41) is 19.0. The molecule has 5 heterocycles. The van der Waals surface area contributed by atoms with E-state index in [0.29, 0.717) is 36.2 Å². The van der Waals surface area contributed by atoms with E-state index in [1.54, 1.807) is 27.7 Å². The Morgan fingerprint density at radius 2 is 2.12 bits per heavy atom. The van der Waals surface area contributed by atoms with E-state index in [1.807, 2.05) is 18.2 Å². The van der Waals surface area contributed by atoms with Gasteiger partial charge in [0.05, 0.1) is 22.8 Å². The van der Waals surface area contributed by atoms with E-state index in [2.05, 4.69) is 30.3 Å². The van der Waals surface area contributed by atoms with Gasteiger partial charge >= 0.3 is 0 Å². The van der Waals surface area contributed by atoms with Crippen molar-refractivity contribution in [2.24, 2.45) is 0 Å². The smallest absolute Gasteiger partial charge is 0.274 e. The maximum Gasteiger partial charge on any atom is 0.274 e. The Hall–Kier alpha value is -3.20. The first-order valence-electron chi connectivity index (χ1n) is 8.05. The average Bonchev–Trinajstić information content (AvgIpc) is 3.38. The van der Waals surface area contributed by atoms with Gasteiger partial charge in [0, 0.05) is 25.0 Å². The molecule has 0 fully saturated rings. The highest BCUT2D eigenvalue weighted by Crippen LogP contribution is 2.24. The molecule has 0 radical (unpaired) electrons. The van der Waals surface area contributed by atoms with Crippen molar-refractivity contribution in [3.05, 3.63) is 52.9 Å². The molecule has 1 aliphatic rings. The SMILES string of the molecule is O=C(c1cc2ccc(Cl)cn2n1)N1CCn2c(ccc2-c2nn[nH]n2)C1. The molecule has 0 spiro atoms. The van der Waals surface area contributed by atoms with Crippen LogP contribution in [0.1, 0.15) is 16.2 Å². The van der Waals surface area contributed by atoms with E-state index in [1.165, 1.54) is 0 Å². The standard InChI is InChI=1S/C16H13ClN8O/c17-10-1-2-11-7-13(20-25(11)8-10)16(26)23-5-6-24-12(9-23)3-4-14(24)15-18-21-22-19-15/h1-4,7-8H,5-6,9H2,(H,18,19,21,22). The fraction of sp³-hybridized carbons (Fsp3) is 0.188. The number of carbonyl (C=O) groups is 1. The minimum atomic E-state index is -0.0987. The molecule has 130 valence electrons. The maximum atomic E-state index is 12.9. The second-order valence-electron chi connectivity index (χ2n) is 6.07. The molecule has 0 aromatic carbocycles. The van der Waals surface area contributed by atoms with Crippen molar-refractivity contribution >= 4 is 23.0 Å². The second kappa shape index (κ2) is 5.67. The zero-order valence-corrected chi connectivity index (χ0v) is 14.3. The summed E-state index contributed by atoms with van der Waals surface area (Å²) in [5.74, 6) is 0.451. The molecule has 0 aliphatic carbocycles. The van der Waals surface area contributed by atoms with Crippen molar-refractivity contribution in [2.45, 2.75) is 13.1 Å². The van der Waals surface area contributed by atoms with Crippen molar-refractivity contribution in [1.82, 2.24) is 39.7 Å². The van der Waals surface area contributed by atoms with Crippen LogP contribution in [0.4, 0.5) is 0 Å². The fourth-order valence-corrected chi connectivity index (χ4v) is 3.43. The van der Waals surface area contributed by atoms with Crippen molar-refractivity contribution in [2.75, 3.05) is 6.54 Å². The Morgan fingerprint density at radius 1 is 1.19 bits per heavy atom. The number of carbonyl (C=O) groups excluding carboxylic acids is 1. The van der Waals surface area contributed by atoms with Gasteiger partial charge in [-0.1, -0.05) is 11.6 Å². The summed E-state index contributed by atoms with van der Waals surface area (Å²) in [5.41, 5.74) is 3.16. The van der Waals surface area contributed by atoms with Gasteiger partial charge in [-0.2, -0.15) is 10.3 Å². The van der Waals surface area contributed by atoms with Crippen LogP contribution in [0.3, 0.4) is 0 Å². The van der Waals surface area contributed by atoms with Crippen LogP contribution in [0.2, 0.25) is 5.02 Å². The molecule has 9 nitrogen and oxygen atoms in total. The lowest BCUT2D eigenvalue weighted by atomic mass is 10.2. The first kappa shape index (κ1) is 15.1. The molecular weight excluding hydrogens is 356 g/mol. The van der Waals surface area contributed by atoms with Crippen LogP contribution in [0.5, 0.6) is 0 Å². The minimum absolute atomic E-state index is 0.0987. The minimum Gasteiger partial charge on any atom is -0.338 e. The number of rotatable bonds is 2. The molecule has 10 heteroatoms. The molecule has 1 N–H and O–H groups in total. The number of H-pyrrole nitrogens is 1. The van der Waals surface area contributed by atoms with E-state index in [-0.39, 0.29) is 5.91 Å². The van der Waals surface area contributed by atoms with Gasteiger partial charge in [-0.15, -0.1) is 10.2 Å². The molecule has 0 saturated carbocycles. The Labute approximate surface area is 152 Å². The number of halogens is 1. The molecule has 0 bridgehead atoms. The van der Waals surface area contributed by atoms with Crippen LogP contribution in [0.15, 0.2) is 36.5 Å². The Morgan fingerprint density at radius 3 is 2.96 bits per heavy atom. The number of amides is 1. The van der Waals surface area contributed by atoms with E-state index in [4.69, 9.17) is 11.6 Å². The third-order valence-electron chi connectivity index (χ3n) is 4.52. The summed E-state index contributed by atoms with van der Waals surface area (Å²) in [4.78, 5) is 14.7. The van der Waals surface area contributed by atoms with Crippen LogP contribution in [0, 0.1) is 0 Å². The summed E-state index contributed by atoms with van der Waals surface area (Å²) in [6.45, 7) is 1.75. The van der Waals surface area contributed by atoms with Gasteiger partial charge < -0.3 is 9.47 Å². The number of tetrazole rings is 1. The van der Waals surface area contributed by atoms with Crippen molar-refractivity contribution < 1.29 is 4.79 Å². The third-order valence-corrected chi connectivity index (χ3v) is 4.75. The lowest BCUT2D eigenvalue weighted by Gasteiger charge is -2.28. The molecule has 5 rings (SSSR count). The van der Waals surface area contributed by atoms with Gasteiger partial charge in [-0.25, -0.2) is 4.52 Å². The number of aromatic amines is 1. The van der Waals surface area contributed by atoms with Gasteiger partial charge in [0.1, 0.15) is 0 Å². The average molecular weight is 369 g/mol. The molecule has 1 aliphatic heterocycles. The highest BCUT2D eigenvalue weighted by Gasteiger charge is 2.26. The number of nitrogens with zero attached hydrogens (tertiary/aromatic N) is 7. The topological polar surface area (TPSA) is 97.0 Å². The van der Waals surface area contributed by atoms with E-state index < -0.39 is 0 Å². The van der Waals surface area contributed by atoms with E-state index in [0.717, 1.165) is 16.9 Å². The Balaban J connectivity index is 1.42. The summed E-state index contributed by atoms with van der Waals surface area (Å²) >= 11 is 5.98. The molecular formula is C16H13ClN8O. The summed E-state index contributed by atoms with van der Waals surface area (Å²) in [7, 11) is 0. The third kappa shape index (κ3) is 2.36. The van der Waals surface area contributed by atoms with Gasteiger partial charge in [-0.05, 0) is 35.5 Å². The lowest BCUT2D eigenvalue weighted by Crippen LogP contribution is -2.38. The Kier molecular flexibility index (Phi) is 3.29. The van der Waals surface area contributed by atoms with Crippen molar-refractivity contribution in [1.29, 1.82) is 0 Å². The first-order valence-corrected chi connectivity index (χ1v) is 8.43. The summed E-state index contributed by atoms with van der Waals surface area (Å²) < 4.78 is 3.73. The maximum absolute atomic E-state index is 12.9. The van der Waals surface area contributed by atoms with Crippen LogP contribution in [0.25, 0.3) is 17.0 Å². The van der Waals surface area contributed by atoms with Crippen molar-refractivity contribution in [3.63, 3.8) is 0 Å². The monoisotopic (exact) mass is 368 g/mol. The number of hydrogen-bond acceptors (Lipinski definition) is 5. The van der Waals surface area contributed by atoms with Gasteiger partial charge in [0.15, 0.2) is 5.69 Å². The highest BCUT2D eigenvalue weighted by molar-refractivity contribution is 6.30. The largest absolute Gasteiger partial charge is 0.338 e. The number of hydrogen-bond donors (Lipinski definition) is 1. The van der Waals surface area contributed by atoms with Crippen LogP contribution in [-0.4, -0.2) is 52.2 Å². The predicted molar refractivity (Wildman–Crippen MR) is 92.5 cm³/mol. The van der Waals surface area contributed by atoms with Crippen LogP contribution >= 0.6 is 11.6 Å². The quantitative estimate of drug-likeness (QED) is 0.580. The zero-order valence-electron chi connectivity index (χ0n) is 13.5. The predicted octanol–water partition coefficient (Wildman–Crippen LogP) is 1.63. The number of pyridine rings is 1. The lowest BCUT2D eigenvalue weighted by molar-refractivity contribution is 0.0705. The van der Waals surface area contributed by atoms with E-state index in [9.17, 15) is 4.79 Å². The first-order chi connectivity index (χ1) is 12.7. The van der Waals surface area contributed by atoms with Gasteiger partial charge in [0.2, 0.25) is 5.82 Å². The molecule has 4 aromatic rings. The van der Waals surface area contributed by atoms with Gasteiger partial charge in [-0.3, -0.25) is 4.79 Å². The summed E-state index contributed by atoms with van der Waals surface area (Å²) in [6, 6.07) is 9.32. The molecule has 0 unspecified atom stereocenters. The summed E-state index contributed by atoms with van der Waals surface area (Å²) in [6.07, 6.45) is 1.69. The number of aromatic nitrogens is 7. The molecule has 0 saturated heterocycles. The van der Waals surface area contributed by atoms with Gasteiger partial charge in [0.25, 0.3) is 5.91 Å². The number of nitrogens with one attached hydrogen (secondary N) is 1. The van der Waals surface area contributed by atoms with Crippen LogP contribution < -0.4 is 0 Å². The fourth-order valence-electron chi connectivity index (χ4n) is 3.27. The van der Waals surface area contributed by atoms with E-state index >= 15 is 0 Å². The highest BCUT2D eigenvalue weighted by atomic mass is 35.5. The normalized spacial score (nSPS) is 14.0. The van der Waals surface area contributed by atoms with Crippen molar-refractivity contribution in [3.8, 4) is 11.5 Å². The zero-order chi connectivity index (χ0) is 17.7. The molecule has 1 amide bonds. The molecule has 0 atom stereocenters. The van der Waals surface area contributed by atoms with Crippen LogP contribution in [-0.2, 0) is 13.1 Å². The molecule has 4 aromatic heterocycles. The molecule has 26 heavy (non-hydrogen) atoms.